The molecule has 1 atom stereocenters. The van der Waals surface area contributed by atoms with Crippen LogP contribution in [0.3, 0.4) is 0 Å². The van der Waals surface area contributed by atoms with E-state index in [1.54, 1.807) is 26.0 Å². The van der Waals surface area contributed by atoms with E-state index in [2.05, 4.69) is 83.1 Å². The van der Waals surface area contributed by atoms with Gasteiger partial charge in [-0.2, -0.15) is 0 Å². The van der Waals surface area contributed by atoms with E-state index in [9.17, 15) is 0 Å². The third-order valence-electron chi connectivity index (χ3n) is 7.00. The summed E-state index contributed by atoms with van der Waals surface area (Å²) in [6.45, 7) is 0. The van der Waals surface area contributed by atoms with Crippen LogP contribution in [0, 0.1) is 0 Å². The number of hydrogen-bond donors (Lipinski definition) is 0. The molecule has 0 aromatic heterocycles. The second-order valence-electron chi connectivity index (χ2n) is 9.10. The largest absolute Gasteiger partial charge is 0.497 e. The molecule has 4 nitrogen and oxygen atoms in total. The number of rotatable bonds is 5. The van der Waals surface area contributed by atoms with Crippen LogP contribution >= 0.6 is 11.8 Å². The fourth-order valence-electron chi connectivity index (χ4n) is 5.22. The second kappa shape index (κ2) is 9.75. The lowest BCUT2D eigenvalue weighted by molar-refractivity contribution is 0.413. The molecule has 0 radical (unpaired) electrons. The van der Waals surface area contributed by atoms with Crippen molar-refractivity contribution in [3.8, 4) is 11.5 Å². The molecular formula is C31H28N2O2S. The summed E-state index contributed by atoms with van der Waals surface area (Å²) >= 11 is 1.72. The highest BCUT2D eigenvalue weighted by Gasteiger charge is 2.40. The number of amidine groups is 1. The van der Waals surface area contributed by atoms with Gasteiger partial charge in [0.25, 0.3) is 0 Å². The van der Waals surface area contributed by atoms with Crippen molar-refractivity contribution in [2.45, 2.75) is 25.3 Å². The van der Waals surface area contributed by atoms with E-state index in [-0.39, 0.29) is 6.04 Å². The summed E-state index contributed by atoms with van der Waals surface area (Å²) in [5, 5.41) is 3.28. The topological polar surface area (TPSA) is 34.1 Å². The normalized spacial score (nSPS) is 20.0. The molecule has 6 rings (SSSR count). The van der Waals surface area contributed by atoms with Gasteiger partial charge in [-0.25, -0.2) is 4.99 Å². The fraction of sp³-hybridized carbons (Fsp3) is 0.194. The molecule has 0 N–H and O–H groups in total. The molecule has 0 spiro atoms. The van der Waals surface area contributed by atoms with Crippen LogP contribution in [0.2, 0.25) is 0 Å². The van der Waals surface area contributed by atoms with E-state index in [4.69, 9.17) is 14.5 Å². The Bertz CT molecular complexity index is 1390. The maximum atomic E-state index is 5.46. The maximum Gasteiger partial charge on any atom is 0.174 e. The Kier molecular flexibility index (Phi) is 6.16. The number of hydrogen-bond acceptors (Lipinski definition) is 5. The van der Waals surface area contributed by atoms with E-state index < -0.39 is 0 Å². The van der Waals surface area contributed by atoms with Crippen LogP contribution in [0.15, 0.2) is 106 Å². The predicted molar refractivity (Wildman–Crippen MR) is 149 cm³/mol. The summed E-state index contributed by atoms with van der Waals surface area (Å²) in [6.07, 6.45) is 5.47. The molecule has 0 amide bonds. The number of benzene rings is 3. The Balaban J connectivity index is 1.46. The summed E-state index contributed by atoms with van der Waals surface area (Å²) in [5.41, 5.74) is 8.69. The van der Waals surface area contributed by atoms with Gasteiger partial charge in [-0.3, -0.25) is 0 Å². The van der Waals surface area contributed by atoms with Gasteiger partial charge in [0.2, 0.25) is 0 Å². The number of aliphatic imine (C=N–C) groups is 1. The fourth-order valence-corrected chi connectivity index (χ4v) is 6.15. The summed E-state index contributed by atoms with van der Waals surface area (Å²) in [4.78, 5) is 7.71. The Morgan fingerprint density at radius 3 is 2.25 bits per heavy atom. The zero-order valence-electron chi connectivity index (χ0n) is 20.5. The van der Waals surface area contributed by atoms with Crippen molar-refractivity contribution in [3.63, 3.8) is 0 Å². The molecule has 2 heterocycles. The summed E-state index contributed by atoms with van der Waals surface area (Å²) in [6, 6.07) is 27.5. The third kappa shape index (κ3) is 4.14. The van der Waals surface area contributed by atoms with Gasteiger partial charge in [0.05, 0.1) is 31.7 Å². The molecule has 36 heavy (non-hydrogen) atoms. The number of fused-ring (bicyclic) bond motifs is 1. The van der Waals surface area contributed by atoms with Crippen molar-refractivity contribution in [3.05, 3.63) is 118 Å². The molecule has 0 bridgehead atoms. The SMILES string of the molecule is COc1ccc(/C=C2\CCCC3=C2N=C2SC=C(c4ccccc4)N2[C@H]3c2ccc(OC)cc2)cc1. The van der Waals surface area contributed by atoms with Crippen LogP contribution in [-0.4, -0.2) is 24.3 Å². The molecule has 3 aliphatic rings. The highest BCUT2D eigenvalue weighted by atomic mass is 32.2. The van der Waals surface area contributed by atoms with Crippen LogP contribution in [0.1, 0.15) is 42.0 Å². The van der Waals surface area contributed by atoms with E-state index in [1.165, 1.54) is 33.5 Å². The minimum Gasteiger partial charge on any atom is -0.497 e. The van der Waals surface area contributed by atoms with Gasteiger partial charge in [0.1, 0.15) is 11.5 Å². The molecule has 1 aliphatic carbocycles. The molecule has 0 fully saturated rings. The minimum atomic E-state index is 0.0967. The molecular weight excluding hydrogens is 464 g/mol. The summed E-state index contributed by atoms with van der Waals surface area (Å²) in [7, 11) is 3.41. The van der Waals surface area contributed by atoms with Gasteiger partial charge in [-0.1, -0.05) is 66.4 Å². The number of ether oxygens (including phenoxy) is 2. The molecule has 0 unspecified atom stereocenters. The first-order valence-electron chi connectivity index (χ1n) is 12.3. The summed E-state index contributed by atoms with van der Waals surface area (Å²) in [5.74, 6) is 1.74. The zero-order chi connectivity index (χ0) is 24.5. The average Bonchev–Trinajstić information content (AvgIpc) is 3.37. The lowest BCUT2D eigenvalue weighted by Gasteiger charge is -2.40. The van der Waals surface area contributed by atoms with Gasteiger partial charge in [0, 0.05) is 5.41 Å². The van der Waals surface area contributed by atoms with Crippen molar-refractivity contribution < 1.29 is 9.47 Å². The lowest BCUT2D eigenvalue weighted by atomic mass is 9.82. The number of nitrogens with zero attached hydrogens (tertiary/aromatic N) is 2. The zero-order valence-corrected chi connectivity index (χ0v) is 21.3. The second-order valence-corrected chi connectivity index (χ2v) is 9.93. The first-order chi connectivity index (χ1) is 17.7. The van der Waals surface area contributed by atoms with Crippen LogP contribution < -0.4 is 9.47 Å². The predicted octanol–water partition coefficient (Wildman–Crippen LogP) is 7.68. The Hall–Kier alpha value is -3.70. The highest BCUT2D eigenvalue weighted by molar-refractivity contribution is 8.16. The van der Waals surface area contributed by atoms with Gasteiger partial charge >= 0.3 is 0 Å². The average molecular weight is 493 g/mol. The van der Waals surface area contributed by atoms with Crippen molar-refractivity contribution in [2.24, 2.45) is 4.99 Å². The number of allylic oxidation sites excluding steroid dienone is 1. The molecule has 3 aromatic carbocycles. The standard InChI is InChI=1S/C31H28N2O2S/c1-34-25-15-11-21(12-16-25)19-24-9-6-10-27-29(24)32-31-33(28(20-36-31)22-7-4-3-5-8-22)30(27)23-13-17-26(35-2)18-14-23/h3-5,7-8,11-20,30H,6,9-10H2,1-2H3/b24-19+/t30-/m0/s1. The quantitative estimate of drug-likeness (QED) is 0.366. The van der Waals surface area contributed by atoms with Crippen molar-refractivity contribution in [1.29, 1.82) is 0 Å². The Morgan fingerprint density at radius 2 is 1.56 bits per heavy atom. The van der Waals surface area contributed by atoms with E-state index in [1.807, 2.05) is 12.1 Å². The molecule has 3 aromatic rings. The third-order valence-corrected chi connectivity index (χ3v) is 7.84. The van der Waals surface area contributed by atoms with Gasteiger partial charge < -0.3 is 14.4 Å². The highest BCUT2D eigenvalue weighted by Crippen LogP contribution is 2.51. The van der Waals surface area contributed by atoms with Crippen LogP contribution in [-0.2, 0) is 0 Å². The van der Waals surface area contributed by atoms with Gasteiger partial charge in [-0.05, 0) is 77.4 Å². The van der Waals surface area contributed by atoms with Gasteiger partial charge in [-0.15, -0.1) is 0 Å². The van der Waals surface area contributed by atoms with Crippen molar-refractivity contribution in [1.82, 2.24) is 4.90 Å². The smallest absolute Gasteiger partial charge is 0.174 e. The Labute approximate surface area is 216 Å². The molecule has 2 aliphatic heterocycles. The Morgan fingerprint density at radius 1 is 0.861 bits per heavy atom. The van der Waals surface area contributed by atoms with Crippen molar-refractivity contribution >= 4 is 28.7 Å². The number of thioether (sulfide) groups is 1. The molecule has 5 heteroatoms. The van der Waals surface area contributed by atoms with Crippen LogP contribution in [0.4, 0.5) is 0 Å². The van der Waals surface area contributed by atoms with E-state index >= 15 is 0 Å². The van der Waals surface area contributed by atoms with E-state index in [0.717, 1.165) is 41.6 Å². The number of methoxy groups -OCH3 is 2. The first kappa shape index (κ1) is 22.7. The monoisotopic (exact) mass is 492 g/mol. The minimum absolute atomic E-state index is 0.0967. The van der Waals surface area contributed by atoms with Crippen LogP contribution in [0.5, 0.6) is 11.5 Å². The maximum absolute atomic E-state index is 5.46. The lowest BCUT2D eigenvalue weighted by Crippen LogP contribution is -2.34. The molecule has 0 saturated heterocycles. The van der Waals surface area contributed by atoms with Crippen molar-refractivity contribution in [2.75, 3.05) is 14.2 Å². The molecule has 180 valence electrons. The van der Waals surface area contributed by atoms with E-state index in [0.29, 0.717) is 0 Å². The van der Waals surface area contributed by atoms with Crippen LogP contribution in [0.25, 0.3) is 11.8 Å². The summed E-state index contributed by atoms with van der Waals surface area (Å²) < 4.78 is 10.8. The molecule has 0 saturated carbocycles. The first-order valence-corrected chi connectivity index (χ1v) is 13.2. The van der Waals surface area contributed by atoms with Gasteiger partial charge in [0.15, 0.2) is 5.17 Å².